The average Bonchev–Trinajstić information content (AvgIpc) is 3.27. The van der Waals surface area contributed by atoms with Gasteiger partial charge in [-0.1, -0.05) is 44.2 Å². The highest BCUT2D eigenvalue weighted by Crippen LogP contribution is 2.23. The van der Waals surface area contributed by atoms with Gasteiger partial charge < -0.3 is 10.1 Å². The number of benzene rings is 2. The number of carbonyl (C=O) groups excluding carboxylic acids is 2. The summed E-state index contributed by atoms with van der Waals surface area (Å²) in [6.07, 6.45) is 0. The molecule has 0 aliphatic rings. The summed E-state index contributed by atoms with van der Waals surface area (Å²) in [4.78, 5) is 25.5. The van der Waals surface area contributed by atoms with Crippen LogP contribution in [-0.4, -0.2) is 17.9 Å². The highest BCUT2D eigenvalue weighted by molar-refractivity contribution is 7.12. The summed E-state index contributed by atoms with van der Waals surface area (Å²) in [7, 11) is 0. The van der Waals surface area contributed by atoms with Crippen molar-refractivity contribution in [2.75, 3.05) is 0 Å². The van der Waals surface area contributed by atoms with E-state index in [0.717, 1.165) is 11.1 Å². The van der Waals surface area contributed by atoms with Crippen LogP contribution < -0.4 is 10.1 Å². The van der Waals surface area contributed by atoms with Crippen molar-refractivity contribution in [2.45, 2.75) is 19.9 Å². The van der Waals surface area contributed by atoms with Crippen LogP contribution in [0, 0.1) is 17.2 Å². The summed E-state index contributed by atoms with van der Waals surface area (Å²) >= 11 is 1.32. The lowest BCUT2D eigenvalue weighted by Crippen LogP contribution is -2.46. The van der Waals surface area contributed by atoms with Crippen LogP contribution in [0.15, 0.2) is 66.0 Å². The first kappa shape index (κ1) is 20.3. The first-order valence-electron chi connectivity index (χ1n) is 9.14. The fourth-order valence-corrected chi connectivity index (χ4v) is 3.38. The molecule has 1 unspecified atom stereocenters. The number of nitriles is 1. The quantitative estimate of drug-likeness (QED) is 0.479. The van der Waals surface area contributed by atoms with Crippen LogP contribution in [0.2, 0.25) is 0 Å². The molecule has 2 aromatic carbocycles. The van der Waals surface area contributed by atoms with E-state index in [9.17, 15) is 9.59 Å². The van der Waals surface area contributed by atoms with Gasteiger partial charge in [0.2, 0.25) is 0 Å². The Hall–Kier alpha value is -3.43. The molecule has 5 nitrogen and oxygen atoms in total. The Morgan fingerprint density at radius 1 is 1.00 bits per heavy atom. The minimum atomic E-state index is -0.747. The molecule has 1 N–H and O–H groups in total. The number of carbonyl (C=O) groups is 2. The zero-order valence-corrected chi connectivity index (χ0v) is 16.9. The van der Waals surface area contributed by atoms with Crippen LogP contribution in [0.1, 0.15) is 29.1 Å². The fraction of sp³-hybridized carbons (Fsp3) is 0.174. The summed E-state index contributed by atoms with van der Waals surface area (Å²) in [5.41, 5.74) is 2.51. The van der Waals surface area contributed by atoms with Crippen molar-refractivity contribution in [1.82, 2.24) is 5.32 Å². The molecule has 1 atom stereocenters. The van der Waals surface area contributed by atoms with Gasteiger partial charge in [0, 0.05) is 0 Å². The summed E-state index contributed by atoms with van der Waals surface area (Å²) in [6.45, 7) is 3.71. The molecule has 0 aliphatic carbocycles. The molecule has 29 heavy (non-hydrogen) atoms. The Bertz CT molecular complexity index is 1020. The first-order chi connectivity index (χ1) is 14.0. The molecule has 0 spiro atoms. The Kier molecular flexibility index (Phi) is 6.43. The minimum absolute atomic E-state index is 0.121. The topological polar surface area (TPSA) is 79.2 Å². The number of hydrogen-bond acceptors (Lipinski definition) is 5. The maximum absolute atomic E-state index is 12.6. The van der Waals surface area contributed by atoms with E-state index < -0.39 is 12.0 Å². The van der Waals surface area contributed by atoms with E-state index in [-0.39, 0.29) is 11.8 Å². The van der Waals surface area contributed by atoms with Crippen molar-refractivity contribution >= 4 is 23.2 Å². The highest BCUT2D eigenvalue weighted by atomic mass is 32.1. The third-order valence-corrected chi connectivity index (χ3v) is 5.24. The van der Waals surface area contributed by atoms with Gasteiger partial charge >= 0.3 is 5.97 Å². The number of nitrogens with one attached hydrogen (secondary N) is 1. The SMILES string of the molecule is CC(C)C(NC(=O)c1cccs1)C(=O)Oc1ccc(-c2ccc(C#N)cc2)cc1. The summed E-state index contributed by atoms with van der Waals surface area (Å²) in [5, 5.41) is 13.5. The molecule has 0 fully saturated rings. The minimum Gasteiger partial charge on any atom is -0.425 e. The van der Waals surface area contributed by atoms with Gasteiger partial charge in [0.15, 0.2) is 0 Å². The lowest BCUT2D eigenvalue weighted by atomic mass is 10.0. The molecule has 6 heteroatoms. The third-order valence-electron chi connectivity index (χ3n) is 4.37. The second-order valence-corrected chi connectivity index (χ2v) is 7.75. The molecule has 1 aromatic heterocycles. The normalized spacial score (nSPS) is 11.5. The van der Waals surface area contributed by atoms with Crippen molar-refractivity contribution in [1.29, 1.82) is 5.26 Å². The van der Waals surface area contributed by atoms with Crippen LogP contribution in [0.5, 0.6) is 5.75 Å². The summed E-state index contributed by atoms with van der Waals surface area (Å²) in [5.74, 6) is -0.504. The van der Waals surface area contributed by atoms with Gasteiger partial charge in [0.1, 0.15) is 11.8 Å². The van der Waals surface area contributed by atoms with Crippen molar-refractivity contribution in [3.63, 3.8) is 0 Å². The zero-order valence-electron chi connectivity index (χ0n) is 16.1. The predicted octanol–water partition coefficient (Wildman–Crippen LogP) is 4.65. The number of amides is 1. The summed E-state index contributed by atoms with van der Waals surface area (Å²) < 4.78 is 5.49. The molecular formula is C23H20N2O3S. The van der Waals surface area contributed by atoms with E-state index in [4.69, 9.17) is 10.00 Å². The smallest absolute Gasteiger partial charge is 0.334 e. The van der Waals surface area contributed by atoms with Crippen molar-refractivity contribution in [2.24, 2.45) is 5.92 Å². The molecule has 3 aromatic rings. The molecular weight excluding hydrogens is 384 g/mol. The molecule has 0 bridgehead atoms. The number of ether oxygens (including phenoxy) is 1. The maximum Gasteiger partial charge on any atom is 0.334 e. The van der Waals surface area contributed by atoms with Gasteiger partial charge in [-0.15, -0.1) is 11.3 Å². The second-order valence-electron chi connectivity index (χ2n) is 6.81. The predicted molar refractivity (Wildman–Crippen MR) is 113 cm³/mol. The molecule has 0 aliphatic heterocycles. The van der Waals surface area contributed by atoms with E-state index in [1.165, 1.54) is 11.3 Å². The van der Waals surface area contributed by atoms with Crippen LogP contribution in [0.4, 0.5) is 0 Å². The Morgan fingerprint density at radius 3 is 2.14 bits per heavy atom. The molecule has 1 heterocycles. The maximum atomic E-state index is 12.6. The zero-order chi connectivity index (χ0) is 20.8. The number of rotatable bonds is 6. The van der Waals surface area contributed by atoms with E-state index in [2.05, 4.69) is 11.4 Å². The van der Waals surface area contributed by atoms with Gasteiger partial charge in [-0.3, -0.25) is 4.79 Å². The van der Waals surface area contributed by atoms with Gasteiger partial charge in [0.25, 0.3) is 5.91 Å². The lowest BCUT2D eigenvalue weighted by Gasteiger charge is -2.20. The molecule has 0 saturated heterocycles. The standard InChI is InChI=1S/C23H20N2O3S/c1-15(2)21(25-22(26)20-4-3-13-29-20)23(27)28-19-11-9-18(10-12-19)17-7-5-16(14-24)6-8-17/h3-13,15,21H,1-2H3,(H,25,26). The van der Waals surface area contributed by atoms with Crippen LogP contribution >= 0.6 is 11.3 Å². The Labute approximate surface area is 173 Å². The molecule has 1 amide bonds. The largest absolute Gasteiger partial charge is 0.425 e. The van der Waals surface area contributed by atoms with Gasteiger partial charge in [-0.2, -0.15) is 5.26 Å². The van der Waals surface area contributed by atoms with Gasteiger partial charge in [-0.05, 0) is 52.8 Å². The van der Waals surface area contributed by atoms with Crippen LogP contribution in [0.3, 0.4) is 0 Å². The molecule has 146 valence electrons. The lowest BCUT2D eigenvalue weighted by molar-refractivity contribution is -0.137. The van der Waals surface area contributed by atoms with E-state index in [0.29, 0.717) is 16.2 Å². The van der Waals surface area contributed by atoms with E-state index in [1.807, 2.05) is 43.5 Å². The molecule has 3 rings (SSSR count). The first-order valence-corrected chi connectivity index (χ1v) is 10.0. The van der Waals surface area contributed by atoms with Crippen LogP contribution in [-0.2, 0) is 4.79 Å². The fourth-order valence-electron chi connectivity index (χ4n) is 2.75. The van der Waals surface area contributed by atoms with Crippen molar-refractivity contribution < 1.29 is 14.3 Å². The number of thiophene rings is 1. The Morgan fingerprint density at radius 2 is 1.62 bits per heavy atom. The van der Waals surface area contributed by atoms with E-state index >= 15 is 0 Å². The van der Waals surface area contributed by atoms with Crippen LogP contribution in [0.25, 0.3) is 11.1 Å². The monoisotopic (exact) mass is 404 g/mol. The van der Waals surface area contributed by atoms with Gasteiger partial charge in [-0.25, -0.2) is 4.79 Å². The molecule has 0 radical (unpaired) electrons. The number of esters is 1. The second kappa shape index (κ2) is 9.18. The molecule has 0 saturated carbocycles. The average molecular weight is 404 g/mol. The number of nitrogens with zero attached hydrogens (tertiary/aromatic N) is 1. The van der Waals surface area contributed by atoms with E-state index in [1.54, 1.807) is 36.4 Å². The highest BCUT2D eigenvalue weighted by Gasteiger charge is 2.27. The summed E-state index contributed by atoms with van der Waals surface area (Å²) in [6, 6.07) is 19.2. The Balaban J connectivity index is 1.67. The van der Waals surface area contributed by atoms with Crippen molar-refractivity contribution in [3.8, 4) is 22.9 Å². The number of hydrogen-bond donors (Lipinski definition) is 1. The third kappa shape index (κ3) is 5.09. The van der Waals surface area contributed by atoms with Gasteiger partial charge in [0.05, 0.1) is 16.5 Å². The van der Waals surface area contributed by atoms with Crippen molar-refractivity contribution in [3.05, 3.63) is 76.5 Å².